The Bertz CT molecular complexity index is 637. The Labute approximate surface area is 127 Å². The summed E-state index contributed by atoms with van der Waals surface area (Å²) in [5.74, 6) is 0.585. The SMILES string of the molecule is Cc1ccc(C(=O)N2CCCC(C)CC2)cc1S(C)(=O)=O. The normalized spacial score (nSPS) is 20.1. The third kappa shape index (κ3) is 3.84. The van der Waals surface area contributed by atoms with Gasteiger partial charge in [0.25, 0.3) is 5.91 Å². The molecule has 0 radical (unpaired) electrons. The third-order valence-electron chi connectivity index (χ3n) is 4.14. The highest BCUT2D eigenvalue weighted by Gasteiger charge is 2.21. The van der Waals surface area contributed by atoms with Crippen LogP contribution in [0.4, 0.5) is 0 Å². The van der Waals surface area contributed by atoms with E-state index in [1.807, 2.05) is 4.90 Å². The van der Waals surface area contributed by atoms with Crippen molar-refractivity contribution in [1.29, 1.82) is 0 Å². The van der Waals surface area contributed by atoms with Crippen LogP contribution in [0.2, 0.25) is 0 Å². The van der Waals surface area contributed by atoms with Crippen molar-refractivity contribution >= 4 is 15.7 Å². The van der Waals surface area contributed by atoms with Gasteiger partial charge in [-0.25, -0.2) is 8.42 Å². The number of benzene rings is 1. The Balaban J connectivity index is 2.27. The highest BCUT2D eigenvalue weighted by Crippen LogP contribution is 2.21. The molecule has 1 aromatic carbocycles. The monoisotopic (exact) mass is 309 g/mol. The lowest BCUT2D eigenvalue weighted by Crippen LogP contribution is -2.32. The zero-order valence-electron chi connectivity index (χ0n) is 12.9. The molecule has 0 bridgehead atoms. The highest BCUT2D eigenvalue weighted by molar-refractivity contribution is 7.90. The number of hydrogen-bond donors (Lipinski definition) is 0. The van der Waals surface area contributed by atoms with Crippen LogP contribution in [-0.2, 0) is 9.84 Å². The van der Waals surface area contributed by atoms with Crippen LogP contribution in [0.5, 0.6) is 0 Å². The number of nitrogens with zero attached hydrogens (tertiary/aromatic N) is 1. The molecule has 0 aromatic heterocycles. The van der Waals surface area contributed by atoms with Crippen LogP contribution in [0.1, 0.15) is 42.1 Å². The molecule has 1 fully saturated rings. The van der Waals surface area contributed by atoms with Crippen LogP contribution in [0, 0.1) is 12.8 Å². The number of carbonyl (C=O) groups excluding carboxylic acids is 1. The van der Waals surface area contributed by atoms with Gasteiger partial charge in [-0.05, 0) is 49.8 Å². The molecule has 4 nitrogen and oxygen atoms in total. The molecule has 1 atom stereocenters. The average Bonchev–Trinajstić information content (AvgIpc) is 2.62. The van der Waals surface area contributed by atoms with Gasteiger partial charge in [0.15, 0.2) is 9.84 Å². The fraction of sp³-hybridized carbons (Fsp3) is 0.562. The highest BCUT2D eigenvalue weighted by atomic mass is 32.2. The summed E-state index contributed by atoms with van der Waals surface area (Å²) in [5, 5.41) is 0. The van der Waals surface area contributed by atoms with E-state index in [1.54, 1.807) is 19.1 Å². The van der Waals surface area contributed by atoms with Crippen molar-refractivity contribution in [2.24, 2.45) is 5.92 Å². The second-order valence-corrected chi connectivity index (χ2v) is 8.06. The lowest BCUT2D eigenvalue weighted by Gasteiger charge is -2.21. The van der Waals surface area contributed by atoms with E-state index in [0.29, 0.717) is 17.0 Å². The van der Waals surface area contributed by atoms with Gasteiger partial charge in [-0.1, -0.05) is 13.0 Å². The molecule has 0 aliphatic carbocycles. The number of aryl methyl sites for hydroxylation is 1. The summed E-state index contributed by atoms with van der Waals surface area (Å²) in [5.41, 5.74) is 1.15. The second-order valence-electron chi connectivity index (χ2n) is 6.08. The summed E-state index contributed by atoms with van der Waals surface area (Å²) in [6.07, 6.45) is 4.34. The first kappa shape index (κ1) is 16.0. The van der Waals surface area contributed by atoms with E-state index < -0.39 is 9.84 Å². The molecule has 1 aliphatic rings. The van der Waals surface area contributed by atoms with E-state index >= 15 is 0 Å². The first-order valence-electron chi connectivity index (χ1n) is 7.39. The smallest absolute Gasteiger partial charge is 0.253 e. The molecule has 1 amide bonds. The van der Waals surface area contributed by atoms with Gasteiger partial charge < -0.3 is 4.90 Å². The number of rotatable bonds is 2. The summed E-state index contributed by atoms with van der Waals surface area (Å²) in [4.78, 5) is 14.7. The first-order valence-corrected chi connectivity index (χ1v) is 9.28. The van der Waals surface area contributed by atoms with Gasteiger partial charge >= 0.3 is 0 Å². The Hall–Kier alpha value is -1.36. The van der Waals surface area contributed by atoms with Gasteiger partial charge in [0.1, 0.15) is 0 Å². The molecular formula is C16H23NO3S. The lowest BCUT2D eigenvalue weighted by molar-refractivity contribution is 0.0760. The van der Waals surface area contributed by atoms with Crippen molar-refractivity contribution in [3.05, 3.63) is 29.3 Å². The van der Waals surface area contributed by atoms with E-state index in [2.05, 4.69) is 6.92 Å². The first-order chi connectivity index (χ1) is 9.79. The molecular weight excluding hydrogens is 286 g/mol. The topological polar surface area (TPSA) is 54.5 Å². The Kier molecular flexibility index (Phi) is 4.71. The van der Waals surface area contributed by atoms with Crippen LogP contribution < -0.4 is 0 Å². The van der Waals surface area contributed by atoms with Crippen LogP contribution in [0.25, 0.3) is 0 Å². The van der Waals surface area contributed by atoms with Gasteiger partial charge in [0.2, 0.25) is 0 Å². The maximum absolute atomic E-state index is 12.6. The van der Waals surface area contributed by atoms with Gasteiger partial charge in [0, 0.05) is 24.9 Å². The maximum Gasteiger partial charge on any atom is 0.253 e. The van der Waals surface area contributed by atoms with Crippen LogP contribution in [-0.4, -0.2) is 38.6 Å². The van der Waals surface area contributed by atoms with Crippen LogP contribution in [0.15, 0.2) is 23.1 Å². The van der Waals surface area contributed by atoms with Gasteiger partial charge in [-0.3, -0.25) is 4.79 Å². The number of likely N-dealkylation sites (tertiary alicyclic amines) is 1. The molecule has 5 heteroatoms. The molecule has 1 saturated heterocycles. The van der Waals surface area contributed by atoms with Crippen LogP contribution in [0.3, 0.4) is 0 Å². The second kappa shape index (κ2) is 6.18. The summed E-state index contributed by atoms with van der Waals surface area (Å²) >= 11 is 0. The molecule has 0 spiro atoms. The summed E-state index contributed by atoms with van der Waals surface area (Å²) < 4.78 is 23.6. The predicted octanol–water partition coefficient (Wildman–Crippen LogP) is 2.66. The van der Waals surface area contributed by atoms with Crippen molar-refractivity contribution in [3.8, 4) is 0 Å². The lowest BCUT2D eigenvalue weighted by atomic mass is 10.0. The quantitative estimate of drug-likeness (QED) is 0.844. The van der Waals surface area contributed by atoms with Gasteiger partial charge in [-0.15, -0.1) is 0 Å². The van der Waals surface area contributed by atoms with E-state index in [0.717, 1.165) is 32.4 Å². The molecule has 0 saturated carbocycles. The van der Waals surface area contributed by atoms with E-state index in [1.165, 1.54) is 12.3 Å². The molecule has 2 rings (SSSR count). The molecule has 0 N–H and O–H groups in total. The fourth-order valence-electron chi connectivity index (χ4n) is 2.78. The Morgan fingerprint density at radius 3 is 2.62 bits per heavy atom. The molecule has 1 heterocycles. The molecule has 1 unspecified atom stereocenters. The van der Waals surface area contributed by atoms with Crippen molar-refractivity contribution in [1.82, 2.24) is 4.90 Å². The van der Waals surface area contributed by atoms with E-state index in [-0.39, 0.29) is 10.8 Å². The van der Waals surface area contributed by atoms with Gasteiger partial charge in [0.05, 0.1) is 4.90 Å². The Morgan fingerprint density at radius 2 is 1.95 bits per heavy atom. The summed E-state index contributed by atoms with van der Waals surface area (Å²) in [6, 6.07) is 4.95. The zero-order chi connectivity index (χ0) is 15.6. The Morgan fingerprint density at radius 1 is 1.24 bits per heavy atom. The molecule has 116 valence electrons. The molecule has 21 heavy (non-hydrogen) atoms. The zero-order valence-corrected chi connectivity index (χ0v) is 13.7. The number of amides is 1. The minimum atomic E-state index is -3.31. The number of hydrogen-bond acceptors (Lipinski definition) is 3. The minimum Gasteiger partial charge on any atom is -0.339 e. The summed E-state index contributed by atoms with van der Waals surface area (Å²) in [7, 11) is -3.31. The fourth-order valence-corrected chi connectivity index (χ4v) is 3.78. The largest absolute Gasteiger partial charge is 0.339 e. The molecule has 1 aromatic rings. The van der Waals surface area contributed by atoms with Gasteiger partial charge in [-0.2, -0.15) is 0 Å². The van der Waals surface area contributed by atoms with E-state index in [9.17, 15) is 13.2 Å². The predicted molar refractivity (Wildman–Crippen MR) is 83.2 cm³/mol. The van der Waals surface area contributed by atoms with Crippen molar-refractivity contribution in [2.75, 3.05) is 19.3 Å². The molecule has 1 aliphatic heterocycles. The van der Waals surface area contributed by atoms with E-state index in [4.69, 9.17) is 0 Å². The average molecular weight is 309 g/mol. The maximum atomic E-state index is 12.6. The number of carbonyl (C=O) groups is 1. The minimum absolute atomic E-state index is 0.0611. The summed E-state index contributed by atoms with van der Waals surface area (Å²) in [6.45, 7) is 5.47. The van der Waals surface area contributed by atoms with Crippen molar-refractivity contribution in [3.63, 3.8) is 0 Å². The standard InChI is InChI=1S/C16H23NO3S/c1-12-5-4-9-17(10-8-12)16(18)14-7-6-13(2)15(11-14)21(3,19)20/h6-7,11-12H,4-5,8-10H2,1-3H3. The van der Waals surface area contributed by atoms with Crippen molar-refractivity contribution < 1.29 is 13.2 Å². The number of sulfone groups is 1. The third-order valence-corrected chi connectivity index (χ3v) is 5.38. The van der Waals surface area contributed by atoms with Crippen molar-refractivity contribution in [2.45, 2.75) is 38.0 Å². The van der Waals surface area contributed by atoms with Crippen LogP contribution >= 0.6 is 0 Å².